The number of amides is 3. The monoisotopic (exact) mass is 279 g/mol. The van der Waals surface area contributed by atoms with Gasteiger partial charge in [-0.15, -0.1) is 0 Å². The Morgan fingerprint density at radius 2 is 1.80 bits per heavy atom. The van der Waals surface area contributed by atoms with Gasteiger partial charge in [0, 0.05) is 6.04 Å². The van der Waals surface area contributed by atoms with Crippen LogP contribution in [0.2, 0.25) is 0 Å². The van der Waals surface area contributed by atoms with Crippen LogP contribution in [0, 0.1) is 0 Å². The molecule has 6 nitrogen and oxygen atoms in total. The number of carbonyl (C=O) groups excluding carboxylic acids is 2. The predicted octanol–water partition coefficient (Wildman–Crippen LogP) is 0.672. The van der Waals surface area contributed by atoms with Gasteiger partial charge in [0.25, 0.3) is 0 Å². The molecule has 5 N–H and O–H groups in total. The second kappa shape index (κ2) is 7.49. The van der Waals surface area contributed by atoms with Crippen LogP contribution in [0.5, 0.6) is 0 Å². The molecule has 0 bridgehead atoms. The third-order valence-corrected chi connectivity index (χ3v) is 2.77. The van der Waals surface area contributed by atoms with E-state index in [1.807, 2.05) is 6.07 Å². The first kappa shape index (κ1) is 16.0. The summed E-state index contributed by atoms with van der Waals surface area (Å²) in [6.45, 7) is 3.44. The summed E-state index contributed by atoms with van der Waals surface area (Å²) >= 11 is 0. The first-order chi connectivity index (χ1) is 9.40. The highest BCUT2D eigenvalue weighted by molar-refractivity contribution is 5.87. The van der Waals surface area contributed by atoms with Crippen molar-refractivity contribution in [2.24, 2.45) is 5.73 Å². The van der Waals surface area contributed by atoms with Crippen LogP contribution >= 0.6 is 0 Å². The summed E-state index contributed by atoms with van der Waals surface area (Å²) < 4.78 is 0. The Bertz CT molecular complexity index is 448. The standard InChI is InChI=1S/C14H21N3O3/c1-9(8-10(2)18)16-13(19)12(17-14(15)20)11-6-4-3-5-7-11/h3-7,9-10,12,18H,8H2,1-2H3,(H,16,19)(H3,15,17,20). The van der Waals surface area contributed by atoms with Gasteiger partial charge in [-0.25, -0.2) is 4.79 Å². The number of primary amides is 1. The van der Waals surface area contributed by atoms with Gasteiger partial charge in [0.15, 0.2) is 0 Å². The zero-order valence-corrected chi connectivity index (χ0v) is 11.7. The average molecular weight is 279 g/mol. The lowest BCUT2D eigenvalue weighted by molar-refractivity contribution is -0.123. The molecule has 0 radical (unpaired) electrons. The van der Waals surface area contributed by atoms with E-state index >= 15 is 0 Å². The summed E-state index contributed by atoms with van der Waals surface area (Å²) in [5.41, 5.74) is 5.76. The molecule has 1 aromatic rings. The van der Waals surface area contributed by atoms with Gasteiger partial charge < -0.3 is 21.5 Å². The van der Waals surface area contributed by atoms with Crippen LogP contribution < -0.4 is 16.4 Å². The van der Waals surface area contributed by atoms with Crippen molar-refractivity contribution in [2.45, 2.75) is 38.5 Å². The number of hydrogen-bond acceptors (Lipinski definition) is 3. The van der Waals surface area contributed by atoms with Gasteiger partial charge >= 0.3 is 6.03 Å². The third-order valence-electron chi connectivity index (χ3n) is 2.77. The van der Waals surface area contributed by atoms with Crippen LogP contribution in [0.25, 0.3) is 0 Å². The number of carbonyl (C=O) groups is 2. The Morgan fingerprint density at radius 1 is 1.20 bits per heavy atom. The zero-order chi connectivity index (χ0) is 15.1. The molecule has 1 rings (SSSR count). The summed E-state index contributed by atoms with van der Waals surface area (Å²) in [6.07, 6.45) is -0.0753. The molecule has 0 aliphatic carbocycles. The maximum Gasteiger partial charge on any atom is 0.313 e. The van der Waals surface area contributed by atoms with Gasteiger partial charge in [-0.2, -0.15) is 0 Å². The molecule has 0 heterocycles. The number of nitrogens with one attached hydrogen (secondary N) is 2. The quantitative estimate of drug-likeness (QED) is 0.615. The largest absolute Gasteiger partial charge is 0.393 e. The minimum absolute atomic E-state index is 0.205. The lowest BCUT2D eigenvalue weighted by atomic mass is 10.1. The maximum absolute atomic E-state index is 12.2. The highest BCUT2D eigenvalue weighted by Gasteiger charge is 2.23. The van der Waals surface area contributed by atoms with Crippen LogP contribution in [-0.2, 0) is 4.79 Å². The predicted molar refractivity (Wildman–Crippen MR) is 75.8 cm³/mol. The molecule has 0 saturated heterocycles. The fraction of sp³-hybridized carbons (Fsp3) is 0.429. The van der Waals surface area contributed by atoms with Crippen molar-refractivity contribution < 1.29 is 14.7 Å². The van der Waals surface area contributed by atoms with E-state index in [-0.39, 0.29) is 11.9 Å². The van der Waals surface area contributed by atoms with E-state index < -0.39 is 18.2 Å². The number of aliphatic hydroxyl groups is 1. The molecular formula is C14H21N3O3. The van der Waals surface area contributed by atoms with E-state index in [0.717, 1.165) is 0 Å². The number of nitrogens with two attached hydrogens (primary N) is 1. The molecule has 0 fully saturated rings. The molecule has 0 saturated carbocycles. The molecule has 3 amide bonds. The molecular weight excluding hydrogens is 258 g/mol. The van der Waals surface area contributed by atoms with Crippen molar-refractivity contribution in [3.63, 3.8) is 0 Å². The maximum atomic E-state index is 12.2. The van der Waals surface area contributed by atoms with Gasteiger partial charge in [0.1, 0.15) is 6.04 Å². The summed E-state index contributed by atoms with van der Waals surface area (Å²) in [4.78, 5) is 23.3. The van der Waals surface area contributed by atoms with Gasteiger partial charge in [0.2, 0.25) is 5.91 Å². The molecule has 3 atom stereocenters. The van der Waals surface area contributed by atoms with Crippen LogP contribution in [-0.4, -0.2) is 29.2 Å². The Balaban J connectivity index is 2.78. The molecule has 0 aromatic heterocycles. The molecule has 0 spiro atoms. The van der Waals surface area contributed by atoms with Crippen LogP contribution in [0.4, 0.5) is 4.79 Å². The molecule has 1 aromatic carbocycles. The van der Waals surface area contributed by atoms with E-state index in [2.05, 4.69) is 10.6 Å². The van der Waals surface area contributed by atoms with Crippen molar-refractivity contribution in [1.29, 1.82) is 0 Å². The smallest absolute Gasteiger partial charge is 0.313 e. The first-order valence-electron chi connectivity index (χ1n) is 6.49. The second-order valence-electron chi connectivity index (χ2n) is 4.85. The third kappa shape index (κ3) is 5.27. The summed E-state index contributed by atoms with van der Waals surface area (Å²) in [6, 6.07) is 7.03. The van der Waals surface area contributed by atoms with Crippen molar-refractivity contribution >= 4 is 11.9 Å². The molecule has 0 aliphatic rings. The Morgan fingerprint density at radius 3 is 2.30 bits per heavy atom. The number of rotatable bonds is 6. The summed E-state index contributed by atoms with van der Waals surface area (Å²) in [5, 5.41) is 14.5. The molecule has 110 valence electrons. The second-order valence-corrected chi connectivity index (χ2v) is 4.85. The van der Waals surface area contributed by atoms with Crippen molar-refractivity contribution in [1.82, 2.24) is 10.6 Å². The van der Waals surface area contributed by atoms with Crippen molar-refractivity contribution in [2.75, 3.05) is 0 Å². The molecule has 3 unspecified atom stereocenters. The van der Waals surface area contributed by atoms with Crippen molar-refractivity contribution in [3.05, 3.63) is 35.9 Å². The highest BCUT2D eigenvalue weighted by Crippen LogP contribution is 2.13. The molecule has 20 heavy (non-hydrogen) atoms. The average Bonchev–Trinajstić information content (AvgIpc) is 2.35. The summed E-state index contributed by atoms with van der Waals surface area (Å²) in [7, 11) is 0. The lowest BCUT2D eigenvalue weighted by Gasteiger charge is -2.21. The van der Waals surface area contributed by atoms with E-state index in [1.54, 1.807) is 38.1 Å². The van der Waals surface area contributed by atoms with Crippen LogP contribution in [0.3, 0.4) is 0 Å². The minimum atomic E-state index is -0.842. The Kier molecular flexibility index (Phi) is 5.99. The van der Waals surface area contributed by atoms with Gasteiger partial charge in [-0.1, -0.05) is 30.3 Å². The van der Waals surface area contributed by atoms with Crippen LogP contribution in [0.15, 0.2) is 30.3 Å². The van der Waals surface area contributed by atoms with Gasteiger partial charge in [0.05, 0.1) is 6.10 Å². The van der Waals surface area contributed by atoms with E-state index in [1.165, 1.54) is 0 Å². The number of hydrogen-bond donors (Lipinski definition) is 4. The highest BCUT2D eigenvalue weighted by atomic mass is 16.3. The van der Waals surface area contributed by atoms with E-state index in [4.69, 9.17) is 5.73 Å². The summed E-state index contributed by atoms with van der Waals surface area (Å²) in [5.74, 6) is -0.358. The fourth-order valence-corrected chi connectivity index (χ4v) is 1.98. The fourth-order valence-electron chi connectivity index (χ4n) is 1.98. The normalized spacial score (nSPS) is 14.9. The topological polar surface area (TPSA) is 104 Å². The zero-order valence-electron chi connectivity index (χ0n) is 11.7. The van der Waals surface area contributed by atoms with Crippen molar-refractivity contribution in [3.8, 4) is 0 Å². The molecule has 6 heteroatoms. The molecule has 0 aliphatic heterocycles. The van der Waals surface area contributed by atoms with Gasteiger partial charge in [-0.05, 0) is 25.8 Å². The SMILES string of the molecule is CC(O)CC(C)NC(=O)C(NC(N)=O)c1ccccc1. The number of benzene rings is 1. The first-order valence-corrected chi connectivity index (χ1v) is 6.49. The van der Waals surface area contributed by atoms with E-state index in [9.17, 15) is 14.7 Å². The number of urea groups is 1. The Hall–Kier alpha value is -2.08. The minimum Gasteiger partial charge on any atom is -0.393 e. The Labute approximate surface area is 118 Å². The van der Waals surface area contributed by atoms with E-state index in [0.29, 0.717) is 12.0 Å². The van der Waals surface area contributed by atoms with Gasteiger partial charge in [-0.3, -0.25) is 4.79 Å². The number of aliphatic hydroxyl groups excluding tert-OH is 1. The van der Waals surface area contributed by atoms with Crippen LogP contribution in [0.1, 0.15) is 31.9 Å². The lowest BCUT2D eigenvalue weighted by Crippen LogP contribution is -2.45.